The van der Waals surface area contributed by atoms with Crippen molar-refractivity contribution in [1.82, 2.24) is 4.90 Å². The highest BCUT2D eigenvalue weighted by atomic mass is 32.2. The molecule has 1 amide bonds. The van der Waals surface area contributed by atoms with Crippen LogP contribution in [0.4, 0.5) is 0 Å². The van der Waals surface area contributed by atoms with Crippen LogP contribution in [0.1, 0.15) is 41.0 Å². The van der Waals surface area contributed by atoms with Crippen molar-refractivity contribution in [3.63, 3.8) is 0 Å². The van der Waals surface area contributed by atoms with E-state index in [-0.39, 0.29) is 24.3 Å². The average molecular weight is 374 g/mol. The van der Waals surface area contributed by atoms with E-state index < -0.39 is 10.8 Å². The molecule has 0 rings (SSSR count). The Morgan fingerprint density at radius 3 is 2.16 bits per heavy atom. The molecule has 0 aromatic rings. The first-order valence-corrected chi connectivity index (χ1v) is 9.31. The van der Waals surface area contributed by atoms with Gasteiger partial charge in [0, 0.05) is 18.4 Å². The van der Waals surface area contributed by atoms with Crippen LogP contribution >= 0.6 is 11.8 Å². The summed E-state index contributed by atoms with van der Waals surface area (Å²) in [5.74, 6) is -0.0379. The lowest BCUT2D eigenvalue weighted by molar-refractivity contribution is -0.159. The first-order valence-electron chi connectivity index (χ1n) is 8.15. The van der Waals surface area contributed by atoms with Gasteiger partial charge in [0.25, 0.3) is 0 Å². The molecule has 0 bridgehead atoms. The molecule has 0 radical (unpaired) electrons. The summed E-state index contributed by atoms with van der Waals surface area (Å²) < 4.78 is 10.1. The molecule has 0 aromatic heterocycles. The van der Waals surface area contributed by atoms with E-state index in [1.165, 1.54) is 18.9 Å². The standard InChI is InChI=1S/C18H31NO5S/c1-9-24-15(21)17(4,5)10-18(6,16(22)23-8)11-25-12-19(7)14(20)13(2)3/h2,9-12H2,1,3-8H3. The highest BCUT2D eigenvalue weighted by Gasteiger charge is 2.43. The number of thioether (sulfide) groups is 1. The van der Waals surface area contributed by atoms with Crippen molar-refractivity contribution in [1.29, 1.82) is 0 Å². The van der Waals surface area contributed by atoms with Gasteiger partial charge in [0.05, 0.1) is 30.4 Å². The first-order chi connectivity index (χ1) is 11.4. The van der Waals surface area contributed by atoms with Crippen LogP contribution in [0.2, 0.25) is 0 Å². The van der Waals surface area contributed by atoms with E-state index in [2.05, 4.69) is 6.58 Å². The molecular formula is C18H31NO5S. The predicted molar refractivity (Wildman–Crippen MR) is 100 cm³/mol. The summed E-state index contributed by atoms with van der Waals surface area (Å²) in [5.41, 5.74) is -1.23. The summed E-state index contributed by atoms with van der Waals surface area (Å²) in [6, 6.07) is 0. The average Bonchev–Trinajstić information content (AvgIpc) is 2.52. The Balaban J connectivity index is 5.05. The second-order valence-electron chi connectivity index (χ2n) is 7.09. The molecule has 0 aliphatic rings. The number of hydrogen-bond donors (Lipinski definition) is 0. The lowest BCUT2D eigenvalue weighted by atomic mass is 9.75. The monoisotopic (exact) mass is 373 g/mol. The van der Waals surface area contributed by atoms with Crippen molar-refractivity contribution >= 4 is 29.6 Å². The third kappa shape index (κ3) is 7.10. The van der Waals surface area contributed by atoms with E-state index in [0.717, 1.165) is 0 Å². The Morgan fingerprint density at radius 2 is 1.72 bits per heavy atom. The Labute approximate surface area is 155 Å². The summed E-state index contributed by atoms with van der Waals surface area (Å²) in [4.78, 5) is 37.9. The maximum Gasteiger partial charge on any atom is 0.312 e. The molecule has 25 heavy (non-hydrogen) atoms. The quantitative estimate of drug-likeness (QED) is 0.333. The molecule has 0 heterocycles. The Kier molecular flexibility index (Phi) is 9.26. The molecular weight excluding hydrogens is 342 g/mol. The highest BCUT2D eigenvalue weighted by molar-refractivity contribution is 7.99. The molecule has 6 nitrogen and oxygen atoms in total. The van der Waals surface area contributed by atoms with Gasteiger partial charge < -0.3 is 14.4 Å². The number of carbonyl (C=O) groups is 3. The second-order valence-corrected chi connectivity index (χ2v) is 8.05. The van der Waals surface area contributed by atoms with Gasteiger partial charge in [-0.1, -0.05) is 6.58 Å². The van der Waals surface area contributed by atoms with Crippen molar-refractivity contribution in [2.75, 3.05) is 32.4 Å². The molecule has 0 aromatic carbocycles. The Hall–Kier alpha value is -1.50. The zero-order chi connectivity index (χ0) is 19.8. The van der Waals surface area contributed by atoms with Crippen molar-refractivity contribution in [2.45, 2.75) is 41.0 Å². The summed E-state index contributed by atoms with van der Waals surface area (Å²) >= 11 is 1.43. The Bertz CT molecular complexity index is 518. The van der Waals surface area contributed by atoms with Crippen LogP contribution in [0.25, 0.3) is 0 Å². The fourth-order valence-corrected chi connectivity index (χ4v) is 3.75. The van der Waals surface area contributed by atoms with Gasteiger partial charge in [-0.05, 0) is 41.0 Å². The highest BCUT2D eigenvalue weighted by Crippen LogP contribution is 2.38. The zero-order valence-electron chi connectivity index (χ0n) is 16.4. The minimum atomic E-state index is -0.872. The van der Waals surface area contributed by atoms with Crippen LogP contribution < -0.4 is 0 Å². The van der Waals surface area contributed by atoms with Gasteiger partial charge in [-0.3, -0.25) is 14.4 Å². The van der Waals surface area contributed by atoms with E-state index in [9.17, 15) is 14.4 Å². The van der Waals surface area contributed by atoms with Gasteiger partial charge in [0.15, 0.2) is 0 Å². The number of nitrogens with zero attached hydrogens (tertiary/aromatic N) is 1. The molecule has 0 spiro atoms. The topological polar surface area (TPSA) is 72.9 Å². The van der Waals surface area contributed by atoms with E-state index >= 15 is 0 Å². The third-order valence-corrected chi connectivity index (χ3v) is 5.17. The summed E-state index contributed by atoms with van der Waals surface area (Å²) in [6.45, 7) is 12.6. The van der Waals surface area contributed by atoms with Crippen molar-refractivity contribution in [3.05, 3.63) is 12.2 Å². The SMILES string of the molecule is C=C(C)C(=O)N(C)CSCC(C)(CC(C)(C)C(=O)OCC)C(=O)OC. The summed E-state index contributed by atoms with van der Waals surface area (Å²) in [5, 5.41) is 0. The smallest absolute Gasteiger partial charge is 0.312 e. The van der Waals surface area contributed by atoms with Gasteiger partial charge >= 0.3 is 11.9 Å². The number of carbonyl (C=O) groups excluding carboxylic acids is 3. The first kappa shape index (κ1) is 23.5. The normalized spacial score (nSPS) is 13.6. The van der Waals surface area contributed by atoms with Gasteiger partial charge in [0.1, 0.15) is 0 Å². The van der Waals surface area contributed by atoms with Crippen molar-refractivity contribution < 1.29 is 23.9 Å². The van der Waals surface area contributed by atoms with Crippen LogP contribution in [0.3, 0.4) is 0 Å². The molecule has 0 aliphatic heterocycles. The van der Waals surface area contributed by atoms with E-state index in [0.29, 0.717) is 23.8 Å². The minimum Gasteiger partial charge on any atom is -0.469 e. The maximum atomic E-state index is 12.3. The number of ether oxygens (including phenoxy) is 2. The van der Waals surface area contributed by atoms with Crippen molar-refractivity contribution in [3.8, 4) is 0 Å². The van der Waals surface area contributed by atoms with Gasteiger partial charge in [-0.25, -0.2) is 0 Å². The van der Waals surface area contributed by atoms with Gasteiger partial charge in [0.2, 0.25) is 5.91 Å². The predicted octanol–water partition coefficient (Wildman–Crippen LogP) is 2.87. The molecule has 0 aliphatic carbocycles. The molecule has 0 saturated carbocycles. The molecule has 0 fully saturated rings. The number of amides is 1. The molecule has 1 unspecified atom stereocenters. The van der Waals surface area contributed by atoms with E-state index in [4.69, 9.17) is 9.47 Å². The maximum absolute atomic E-state index is 12.3. The molecule has 0 saturated heterocycles. The number of likely N-dealkylation sites (N-methyl/N-ethyl adjacent to an activating group) is 1. The van der Waals surface area contributed by atoms with Gasteiger partial charge in [-0.15, -0.1) is 11.8 Å². The number of hydrogen-bond acceptors (Lipinski definition) is 6. The lowest BCUT2D eigenvalue weighted by Gasteiger charge is -2.34. The van der Waals surface area contributed by atoms with Crippen molar-refractivity contribution in [2.24, 2.45) is 10.8 Å². The van der Waals surface area contributed by atoms with Crippen LogP contribution in [0, 0.1) is 10.8 Å². The number of rotatable bonds is 10. The third-order valence-electron chi connectivity index (χ3n) is 3.76. The van der Waals surface area contributed by atoms with Crippen LogP contribution in [0.5, 0.6) is 0 Å². The van der Waals surface area contributed by atoms with E-state index in [1.807, 2.05) is 0 Å². The number of methoxy groups -OCH3 is 1. The zero-order valence-corrected chi connectivity index (χ0v) is 17.2. The Morgan fingerprint density at radius 1 is 1.16 bits per heavy atom. The molecule has 1 atom stereocenters. The van der Waals surface area contributed by atoms with E-state index in [1.54, 1.807) is 46.6 Å². The second kappa shape index (κ2) is 9.85. The largest absolute Gasteiger partial charge is 0.469 e. The van der Waals surface area contributed by atoms with Crippen LogP contribution in [-0.4, -0.2) is 55.1 Å². The molecule has 0 N–H and O–H groups in total. The molecule has 7 heteroatoms. The van der Waals surface area contributed by atoms with Crippen LogP contribution in [-0.2, 0) is 23.9 Å². The fourth-order valence-electron chi connectivity index (χ4n) is 2.59. The van der Waals surface area contributed by atoms with Gasteiger partial charge in [-0.2, -0.15) is 0 Å². The minimum absolute atomic E-state index is 0.140. The molecule has 144 valence electrons. The number of esters is 2. The summed E-state index contributed by atoms with van der Waals surface area (Å²) in [6.07, 6.45) is 0.288. The summed E-state index contributed by atoms with van der Waals surface area (Å²) in [7, 11) is 3.02. The van der Waals surface area contributed by atoms with Crippen LogP contribution in [0.15, 0.2) is 12.2 Å². The lowest BCUT2D eigenvalue weighted by Crippen LogP contribution is -2.40. The fraction of sp³-hybridized carbons (Fsp3) is 0.722.